The van der Waals surface area contributed by atoms with E-state index in [1.807, 2.05) is 6.92 Å². The van der Waals surface area contributed by atoms with Gasteiger partial charge in [-0.2, -0.15) is 0 Å². The maximum absolute atomic E-state index is 12.9. The number of carbonyl (C=O) groups is 1. The van der Waals surface area contributed by atoms with Gasteiger partial charge in [0, 0.05) is 18.3 Å². The maximum atomic E-state index is 12.9. The van der Waals surface area contributed by atoms with Crippen LogP contribution < -0.4 is 20.1 Å². The second-order valence-electron chi connectivity index (χ2n) is 5.62. The maximum Gasteiger partial charge on any atom is 0.586 e. The molecule has 0 aliphatic carbocycles. The first-order valence-electron chi connectivity index (χ1n) is 6.80. The van der Waals surface area contributed by atoms with Crippen LogP contribution in [-0.2, 0) is 4.79 Å². The van der Waals surface area contributed by atoms with Crippen LogP contribution in [0.3, 0.4) is 0 Å². The van der Waals surface area contributed by atoms with Gasteiger partial charge in [-0.3, -0.25) is 4.79 Å². The summed E-state index contributed by atoms with van der Waals surface area (Å²) in [5, 5.41) is 5.94. The number of hydrogen-bond acceptors (Lipinski definition) is 4. The molecule has 1 aromatic carbocycles. The van der Waals surface area contributed by atoms with Crippen LogP contribution in [0, 0.1) is 5.41 Å². The first kappa shape index (κ1) is 16.8. The summed E-state index contributed by atoms with van der Waals surface area (Å²) in [7, 11) is 0. The molecule has 0 saturated carbocycles. The van der Waals surface area contributed by atoms with Crippen LogP contribution in [0.15, 0.2) is 18.2 Å². The molecular formula is C14H17ClF2N2O3. The van der Waals surface area contributed by atoms with Gasteiger partial charge in [0.25, 0.3) is 0 Å². The highest BCUT2D eigenvalue weighted by atomic mass is 35.5. The summed E-state index contributed by atoms with van der Waals surface area (Å²) in [6.45, 7) is 3.39. The van der Waals surface area contributed by atoms with Gasteiger partial charge in [0.05, 0.1) is 5.41 Å². The normalized spacial score (nSPS) is 25.2. The molecule has 1 amide bonds. The number of alkyl halides is 2. The number of carbonyl (C=O) groups excluding carboxylic acids is 1. The van der Waals surface area contributed by atoms with Gasteiger partial charge in [-0.15, -0.1) is 21.2 Å². The number of anilines is 1. The third-order valence-electron chi connectivity index (χ3n) is 3.80. The van der Waals surface area contributed by atoms with Gasteiger partial charge in [-0.1, -0.05) is 0 Å². The zero-order chi connectivity index (χ0) is 15.1. The van der Waals surface area contributed by atoms with Crippen molar-refractivity contribution >= 4 is 24.0 Å². The van der Waals surface area contributed by atoms with E-state index in [-0.39, 0.29) is 29.8 Å². The minimum absolute atomic E-state index is 0. The highest BCUT2D eigenvalue weighted by Crippen LogP contribution is 2.42. The number of ether oxygens (including phenoxy) is 2. The molecule has 2 aliphatic rings. The average Bonchev–Trinajstić information content (AvgIpc) is 2.72. The molecule has 22 heavy (non-hydrogen) atoms. The number of benzene rings is 1. The number of halogens is 3. The molecule has 3 rings (SSSR count). The fourth-order valence-electron chi connectivity index (χ4n) is 2.56. The fourth-order valence-corrected chi connectivity index (χ4v) is 2.56. The van der Waals surface area contributed by atoms with Crippen LogP contribution in [0.25, 0.3) is 0 Å². The van der Waals surface area contributed by atoms with Crippen molar-refractivity contribution in [1.29, 1.82) is 0 Å². The Morgan fingerprint density at radius 2 is 2.05 bits per heavy atom. The number of amides is 1. The highest BCUT2D eigenvalue weighted by molar-refractivity contribution is 5.95. The summed E-state index contributed by atoms with van der Waals surface area (Å²) < 4.78 is 34.6. The third kappa shape index (κ3) is 3.25. The lowest BCUT2D eigenvalue weighted by molar-refractivity contribution is -0.286. The number of rotatable bonds is 2. The zero-order valence-electron chi connectivity index (χ0n) is 11.9. The molecule has 0 aromatic heterocycles. The Bertz CT molecular complexity index is 577. The molecule has 2 aliphatic heterocycles. The molecule has 1 unspecified atom stereocenters. The Morgan fingerprint density at radius 1 is 1.32 bits per heavy atom. The fraction of sp³-hybridized carbons (Fsp3) is 0.500. The quantitative estimate of drug-likeness (QED) is 0.873. The van der Waals surface area contributed by atoms with Crippen molar-refractivity contribution in [1.82, 2.24) is 5.32 Å². The van der Waals surface area contributed by atoms with E-state index in [1.54, 1.807) is 0 Å². The molecule has 0 spiro atoms. The second kappa shape index (κ2) is 5.89. The van der Waals surface area contributed by atoms with Gasteiger partial charge in [0.1, 0.15) is 0 Å². The number of fused-ring (bicyclic) bond motifs is 1. The number of piperidine rings is 1. The predicted octanol–water partition coefficient (Wildman–Crippen LogP) is 2.76. The van der Waals surface area contributed by atoms with E-state index in [0.717, 1.165) is 19.4 Å². The van der Waals surface area contributed by atoms with Crippen molar-refractivity contribution in [3.63, 3.8) is 0 Å². The first-order chi connectivity index (χ1) is 9.88. The van der Waals surface area contributed by atoms with Crippen LogP contribution in [0.1, 0.15) is 19.8 Å². The van der Waals surface area contributed by atoms with Crippen molar-refractivity contribution < 1.29 is 23.0 Å². The zero-order valence-corrected chi connectivity index (χ0v) is 12.8. The Morgan fingerprint density at radius 3 is 2.73 bits per heavy atom. The second-order valence-corrected chi connectivity index (χ2v) is 5.62. The lowest BCUT2D eigenvalue weighted by atomic mass is 9.82. The Kier molecular flexibility index (Phi) is 4.49. The standard InChI is InChI=1S/C14H16F2N2O3.ClH/c1-13(5-2-6-17-8-13)12(19)18-9-3-4-10-11(7-9)21-14(15,16)20-10;/h3-4,7,17H,2,5-6,8H2,1H3,(H,18,19);1H. The Balaban J connectivity index is 0.00000176. The number of hydrogen-bond donors (Lipinski definition) is 2. The monoisotopic (exact) mass is 334 g/mol. The van der Waals surface area contributed by atoms with Gasteiger partial charge in [-0.05, 0) is 38.4 Å². The molecule has 1 atom stereocenters. The summed E-state index contributed by atoms with van der Waals surface area (Å²) in [5.74, 6) is -0.256. The largest absolute Gasteiger partial charge is 0.586 e. The van der Waals surface area contributed by atoms with Gasteiger partial charge < -0.3 is 20.1 Å². The lowest BCUT2D eigenvalue weighted by Crippen LogP contribution is -2.46. The summed E-state index contributed by atoms with van der Waals surface area (Å²) in [6, 6.07) is 4.21. The van der Waals surface area contributed by atoms with Crippen molar-refractivity contribution in [3.8, 4) is 11.5 Å². The molecule has 5 nitrogen and oxygen atoms in total. The summed E-state index contributed by atoms with van der Waals surface area (Å²) in [5.41, 5.74) is -0.0923. The highest BCUT2D eigenvalue weighted by Gasteiger charge is 2.43. The summed E-state index contributed by atoms with van der Waals surface area (Å²) in [6.07, 6.45) is -1.93. The number of nitrogens with one attached hydrogen (secondary N) is 2. The van der Waals surface area contributed by atoms with Crippen LogP contribution in [0.4, 0.5) is 14.5 Å². The van der Waals surface area contributed by atoms with Crippen LogP contribution in [-0.4, -0.2) is 25.3 Å². The van der Waals surface area contributed by atoms with E-state index in [9.17, 15) is 13.6 Å². The van der Waals surface area contributed by atoms with E-state index in [1.165, 1.54) is 18.2 Å². The lowest BCUT2D eigenvalue weighted by Gasteiger charge is -2.32. The van der Waals surface area contributed by atoms with Gasteiger partial charge >= 0.3 is 6.29 Å². The van der Waals surface area contributed by atoms with Crippen molar-refractivity contribution in [2.24, 2.45) is 5.41 Å². The Labute approximate surface area is 132 Å². The van der Waals surface area contributed by atoms with Crippen LogP contribution >= 0.6 is 12.4 Å². The minimum atomic E-state index is -3.65. The molecule has 2 N–H and O–H groups in total. The molecular weight excluding hydrogens is 318 g/mol. The minimum Gasteiger partial charge on any atom is -0.395 e. The molecule has 1 fully saturated rings. The third-order valence-corrected chi connectivity index (χ3v) is 3.80. The van der Waals surface area contributed by atoms with Crippen molar-refractivity contribution in [2.45, 2.75) is 26.1 Å². The van der Waals surface area contributed by atoms with Gasteiger partial charge in [-0.25, -0.2) is 0 Å². The van der Waals surface area contributed by atoms with Crippen molar-refractivity contribution in [2.75, 3.05) is 18.4 Å². The topological polar surface area (TPSA) is 59.6 Å². The van der Waals surface area contributed by atoms with E-state index >= 15 is 0 Å². The smallest absolute Gasteiger partial charge is 0.395 e. The molecule has 122 valence electrons. The molecule has 0 radical (unpaired) electrons. The molecule has 1 aromatic rings. The van der Waals surface area contributed by atoms with Crippen LogP contribution in [0.2, 0.25) is 0 Å². The van der Waals surface area contributed by atoms with E-state index in [2.05, 4.69) is 20.1 Å². The first-order valence-corrected chi connectivity index (χ1v) is 6.80. The average molecular weight is 335 g/mol. The van der Waals surface area contributed by atoms with Gasteiger partial charge in [0.2, 0.25) is 5.91 Å². The molecule has 0 bridgehead atoms. The van der Waals surface area contributed by atoms with Crippen molar-refractivity contribution in [3.05, 3.63) is 18.2 Å². The summed E-state index contributed by atoms with van der Waals surface area (Å²) in [4.78, 5) is 12.3. The van der Waals surface area contributed by atoms with E-state index < -0.39 is 11.7 Å². The van der Waals surface area contributed by atoms with Crippen LogP contribution in [0.5, 0.6) is 11.5 Å². The van der Waals surface area contributed by atoms with E-state index in [0.29, 0.717) is 12.2 Å². The predicted molar refractivity (Wildman–Crippen MR) is 78.7 cm³/mol. The van der Waals surface area contributed by atoms with E-state index in [4.69, 9.17) is 0 Å². The molecule has 2 heterocycles. The summed E-state index contributed by atoms with van der Waals surface area (Å²) >= 11 is 0. The SMILES string of the molecule is CC1(C(=O)Nc2ccc3c(c2)OC(F)(F)O3)CCCNC1.Cl. The Hall–Kier alpha value is -1.60. The van der Waals surface area contributed by atoms with Gasteiger partial charge in [0.15, 0.2) is 11.5 Å². The molecule has 8 heteroatoms. The molecule has 1 saturated heterocycles.